The summed E-state index contributed by atoms with van der Waals surface area (Å²) in [4.78, 5) is 26.8. The third kappa shape index (κ3) is 4.99. The Morgan fingerprint density at radius 1 is 1.25 bits per heavy atom. The molecule has 1 fully saturated rings. The highest BCUT2D eigenvalue weighted by atomic mass is 35.5. The Labute approximate surface area is 191 Å². The number of nitrogens with two attached hydrogens (primary N) is 1. The molecule has 10 heteroatoms. The monoisotopic (exact) mass is 462 g/mol. The summed E-state index contributed by atoms with van der Waals surface area (Å²) >= 11 is 6.11. The minimum atomic E-state index is -0.493. The standard InChI is InChI=1S/C22H27ClN4O5/c1-14-3-4-18(28)27(25-14)8-2-7-26-9-5-15(6-10-26)12-30-22(29)16-11-17(23)19(24)21-20(16)31-13-32-21/h3-4,11,15H,2,5-10,12-13,24H2,1H3. The van der Waals surface area contributed by atoms with E-state index < -0.39 is 5.97 Å². The minimum absolute atomic E-state index is 0.00675. The zero-order chi connectivity index (χ0) is 22.7. The fraction of sp³-hybridized carbons (Fsp3) is 0.500. The summed E-state index contributed by atoms with van der Waals surface area (Å²) in [6.45, 7) is 5.58. The summed E-state index contributed by atoms with van der Waals surface area (Å²) in [5.41, 5.74) is 7.13. The highest BCUT2D eigenvalue weighted by molar-refractivity contribution is 6.34. The quantitative estimate of drug-likeness (QED) is 0.493. The molecule has 2 aliphatic heterocycles. The zero-order valence-corrected chi connectivity index (χ0v) is 18.8. The first-order valence-electron chi connectivity index (χ1n) is 10.7. The van der Waals surface area contributed by atoms with Gasteiger partial charge >= 0.3 is 5.97 Å². The Morgan fingerprint density at radius 3 is 2.78 bits per heavy atom. The molecule has 2 aromatic rings. The molecule has 9 nitrogen and oxygen atoms in total. The molecule has 0 aliphatic carbocycles. The minimum Gasteiger partial charge on any atom is -0.462 e. The van der Waals surface area contributed by atoms with Crippen LogP contribution in [0.1, 0.15) is 35.3 Å². The van der Waals surface area contributed by atoms with Gasteiger partial charge in [0.05, 0.1) is 23.0 Å². The van der Waals surface area contributed by atoms with Gasteiger partial charge in [0.15, 0.2) is 11.5 Å². The molecule has 2 aliphatic rings. The lowest BCUT2D eigenvalue weighted by Crippen LogP contribution is -2.36. The summed E-state index contributed by atoms with van der Waals surface area (Å²) in [6, 6.07) is 4.75. The first kappa shape index (κ1) is 22.4. The summed E-state index contributed by atoms with van der Waals surface area (Å²) in [5.74, 6) is 0.382. The number of aryl methyl sites for hydroxylation is 2. The first-order chi connectivity index (χ1) is 15.4. The fourth-order valence-corrected chi connectivity index (χ4v) is 4.21. The van der Waals surface area contributed by atoms with Gasteiger partial charge in [0, 0.05) is 12.6 Å². The van der Waals surface area contributed by atoms with Crippen LogP contribution in [-0.4, -0.2) is 53.7 Å². The molecule has 3 heterocycles. The van der Waals surface area contributed by atoms with Crippen molar-refractivity contribution in [2.45, 2.75) is 32.7 Å². The molecule has 0 atom stereocenters. The second-order valence-corrected chi connectivity index (χ2v) is 8.56. The number of piperidine rings is 1. The number of anilines is 1. The van der Waals surface area contributed by atoms with Crippen molar-refractivity contribution in [2.75, 3.05) is 38.8 Å². The molecule has 0 saturated carbocycles. The van der Waals surface area contributed by atoms with Crippen LogP contribution in [0.25, 0.3) is 0 Å². The van der Waals surface area contributed by atoms with Gasteiger partial charge in [-0.05, 0) is 63.9 Å². The second kappa shape index (κ2) is 9.79. The molecular weight excluding hydrogens is 436 g/mol. The topological polar surface area (TPSA) is 109 Å². The van der Waals surface area contributed by atoms with Gasteiger partial charge in [0.25, 0.3) is 5.56 Å². The fourth-order valence-electron chi connectivity index (χ4n) is 4.01. The Bertz CT molecular complexity index is 1050. The van der Waals surface area contributed by atoms with Gasteiger partial charge in [-0.2, -0.15) is 5.10 Å². The van der Waals surface area contributed by atoms with Gasteiger partial charge in [0.1, 0.15) is 5.56 Å². The zero-order valence-electron chi connectivity index (χ0n) is 18.0. The number of halogens is 1. The van der Waals surface area contributed by atoms with Gasteiger partial charge in [0.2, 0.25) is 6.79 Å². The van der Waals surface area contributed by atoms with E-state index in [2.05, 4.69) is 10.00 Å². The van der Waals surface area contributed by atoms with E-state index in [0.717, 1.165) is 44.6 Å². The van der Waals surface area contributed by atoms with Crippen LogP contribution in [0, 0.1) is 12.8 Å². The van der Waals surface area contributed by atoms with Crippen LogP contribution in [0.4, 0.5) is 5.69 Å². The maximum absolute atomic E-state index is 12.6. The molecule has 32 heavy (non-hydrogen) atoms. The second-order valence-electron chi connectivity index (χ2n) is 8.16. The summed E-state index contributed by atoms with van der Waals surface area (Å²) in [6.07, 6.45) is 2.74. The van der Waals surface area contributed by atoms with Gasteiger partial charge < -0.3 is 24.8 Å². The molecular formula is C22H27ClN4O5. The van der Waals surface area contributed by atoms with Crippen LogP contribution < -0.4 is 20.8 Å². The normalized spacial score (nSPS) is 16.3. The smallest absolute Gasteiger partial charge is 0.342 e. The summed E-state index contributed by atoms with van der Waals surface area (Å²) in [7, 11) is 0. The van der Waals surface area contributed by atoms with Crippen molar-refractivity contribution in [1.82, 2.24) is 14.7 Å². The van der Waals surface area contributed by atoms with Crippen LogP contribution in [0.2, 0.25) is 5.02 Å². The molecule has 4 rings (SSSR count). The Kier molecular flexibility index (Phi) is 6.86. The number of aromatic nitrogens is 2. The number of rotatable bonds is 7. The lowest BCUT2D eigenvalue weighted by molar-refractivity contribution is 0.0367. The van der Waals surface area contributed by atoms with E-state index in [1.165, 1.54) is 10.7 Å². The van der Waals surface area contributed by atoms with Crippen molar-refractivity contribution in [3.63, 3.8) is 0 Å². The van der Waals surface area contributed by atoms with Crippen LogP contribution in [0.5, 0.6) is 11.5 Å². The predicted molar refractivity (Wildman–Crippen MR) is 119 cm³/mol. The van der Waals surface area contributed by atoms with Crippen molar-refractivity contribution >= 4 is 23.3 Å². The molecule has 172 valence electrons. The van der Waals surface area contributed by atoms with Crippen LogP contribution in [0.15, 0.2) is 23.0 Å². The maximum Gasteiger partial charge on any atom is 0.342 e. The molecule has 1 aromatic carbocycles. The van der Waals surface area contributed by atoms with Crippen molar-refractivity contribution in [1.29, 1.82) is 0 Å². The van der Waals surface area contributed by atoms with Crippen LogP contribution >= 0.6 is 11.6 Å². The number of hydrogen-bond donors (Lipinski definition) is 1. The van der Waals surface area contributed by atoms with E-state index in [1.54, 1.807) is 12.1 Å². The highest BCUT2D eigenvalue weighted by Crippen LogP contribution is 2.44. The van der Waals surface area contributed by atoms with E-state index in [-0.39, 0.29) is 34.4 Å². The molecule has 0 spiro atoms. The number of carbonyl (C=O) groups is 1. The van der Waals surface area contributed by atoms with E-state index in [0.29, 0.717) is 24.8 Å². The van der Waals surface area contributed by atoms with Crippen molar-refractivity contribution in [2.24, 2.45) is 5.92 Å². The molecule has 1 saturated heterocycles. The van der Waals surface area contributed by atoms with Crippen LogP contribution in [-0.2, 0) is 11.3 Å². The molecule has 2 N–H and O–H groups in total. The SMILES string of the molecule is Cc1ccc(=O)n(CCCN2CCC(COC(=O)c3cc(Cl)c(N)c4c3OCO4)CC2)n1. The molecule has 0 bridgehead atoms. The summed E-state index contributed by atoms with van der Waals surface area (Å²) in [5, 5.41) is 4.50. The number of ether oxygens (including phenoxy) is 3. The Balaban J connectivity index is 1.22. The third-order valence-electron chi connectivity index (χ3n) is 5.85. The molecule has 0 amide bonds. The third-order valence-corrected chi connectivity index (χ3v) is 6.16. The maximum atomic E-state index is 12.6. The van der Waals surface area contributed by atoms with Gasteiger partial charge in [-0.3, -0.25) is 4.79 Å². The van der Waals surface area contributed by atoms with E-state index in [1.807, 2.05) is 6.92 Å². The largest absolute Gasteiger partial charge is 0.462 e. The van der Waals surface area contributed by atoms with Gasteiger partial charge in [-0.1, -0.05) is 11.6 Å². The van der Waals surface area contributed by atoms with E-state index in [9.17, 15) is 9.59 Å². The van der Waals surface area contributed by atoms with Crippen LogP contribution in [0.3, 0.4) is 0 Å². The van der Waals surface area contributed by atoms with E-state index >= 15 is 0 Å². The number of benzene rings is 1. The lowest BCUT2D eigenvalue weighted by atomic mass is 9.97. The van der Waals surface area contributed by atoms with Crippen molar-refractivity contribution < 1.29 is 19.0 Å². The number of nitrogens with zero attached hydrogens (tertiary/aromatic N) is 3. The predicted octanol–water partition coefficient (Wildman–Crippen LogP) is 2.48. The average molecular weight is 463 g/mol. The Morgan fingerprint density at radius 2 is 2.00 bits per heavy atom. The summed E-state index contributed by atoms with van der Waals surface area (Å²) < 4.78 is 17.8. The molecule has 0 radical (unpaired) electrons. The number of hydrogen-bond acceptors (Lipinski definition) is 8. The molecule has 0 unspecified atom stereocenters. The van der Waals surface area contributed by atoms with Crippen molar-refractivity contribution in [3.05, 3.63) is 44.8 Å². The Hall–Kier alpha value is -2.78. The average Bonchev–Trinajstić information content (AvgIpc) is 3.28. The number of esters is 1. The first-order valence-corrected chi connectivity index (χ1v) is 11.1. The molecule has 1 aromatic heterocycles. The highest BCUT2D eigenvalue weighted by Gasteiger charge is 2.28. The van der Waals surface area contributed by atoms with Gasteiger partial charge in [-0.15, -0.1) is 0 Å². The number of likely N-dealkylation sites (tertiary alicyclic amines) is 1. The number of carbonyl (C=O) groups excluding carboxylic acids is 1. The van der Waals surface area contributed by atoms with Gasteiger partial charge in [-0.25, -0.2) is 9.48 Å². The lowest BCUT2D eigenvalue weighted by Gasteiger charge is -2.31. The van der Waals surface area contributed by atoms with E-state index in [4.69, 9.17) is 31.5 Å². The number of nitrogen functional groups attached to an aromatic ring is 1. The number of fused-ring (bicyclic) bond motifs is 1. The van der Waals surface area contributed by atoms with Crippen molar-refractivity contribution in [3.8, 4) is 11.5 Å².